The molecule has 0 unspecified atom stereocenters. The minimum atomic E-state index is -3.69. The van der Waals surface area contributed by atoms with Gasteiger partial charge in [0, 0.05) is 12.1 Å². The number of alkyl halides is 2. The number of hydrogen-bond acceptors (Lipinski definition) is 1. The van der Waals surface area contributed by atoms with Crippen LogP contribution in [0.25, 0.3) is 0 Å². The summed E-state index contributed by atoms with van der Waals surface area (Å²) in [7, 11) is 0. The Hall–Kier alpha value is -2.96. The van der Waals surface area contributed by atoms with E-state index < -0.39 is 35.2 Å². The summed E-state index contributed by atoms with van der Waals surface area (Å²) in [6.07, 6.45) is 6.11. The zero-order valence-corrected chi connectivity index (χ0v) is 24.7. The van der Waals surface area contributed by atoms with Crippen molar-refractivity contribution in [1.29, 1.82) is 0 Å². The zero-order valence-electron chi connectivity index (χ0n) is 24.7. The summed E-state index contributed by atoms with van der Waals surface area (Å²) in [6.45, 7) is 2.22. The molecule has 0 saturated heterocycles. The summed E-state index contributed by atoms with van der Waals surface area (Å²) >= 11 is 0. The number of hydrogen-bond donors (Lipinski definition) is 0. The second-order valence-corrected chi connectivity index (χ2v) is 12.4. The van der Waals surface area contributed by atoms with Crippen molar-refractivity contribution in [3.05, 3.63) is 100 Å². The van der Waals surface area contributed by atoms with Crippen LogP contribution in [0.3, 0.4) is 0 Å². The van der Waals surface area contributed by atoms with Crippen molar-refractivity contribution < 1.29 is 31.1 Å². The van der Waals surface area contributed by atoms with Crippen LogP contribution in [0, 0.1) is 29.2 Å². The van der Waals surface area contributed by atoms with E-state index >= 15 is 4.39 Å². The number of halogens is 6. The molecule has 0 N–H and O–H groups in total. The molecule has 0 spiro atoms. The van der Waals surface area contributed by atoms with Gasteiger partial charge in [-0.3, -0.25) is 0 Å². The molecule has 0 aliphatic heterocycles. The molecule has 1 nitrogen and oxygen atoms in total. The first-order valence-corrected chi connectivity index (χ1v) is 15.7. The lowest BCUT2D eigenvalue weighted by Crippen LogP contribution is -2.37. The average Bonchev–Trinajstić information content (AvgIpc) is 3.00. The molecular weight excluding hydrogens is 562 g/mol. The van der Waals surface area contributed by atoms with Crippen molar-refractivity contribution in [2.45, 2.75) is 108 Å². The van der Waals surface area contributed by atoms with Crippen LogP contribution in [0.15, 0.2) is 54.6 Å². The Morgan fingerprint density at radius 2 is 1.21 bits per heavy atom. The molecule has 0 radical (unpaired) electrons. The highest BCUT2D eigenvalue weighted by Gasteiger charge is 2.44. The molecule has 0 heterocycles. The molecule has 0 amide bonds. The molecular formula is C36H40F6O. The summed E-state index contributed by atoms with van der Waals surface area (Å²) in [5.41, 5.74) is 4.33. The van der Waals surface area contributed by atoms with Crippen LogP contribution < -0.4 is 4.74 Å². The Labute approximate surface area is 250 Å². The SMILES string of the molecule is CCCCCc1ccc(C2CCC(c3ccc(C4CCC(C(F)(F)Oc5cc(F)c(F)c(F)c5)CC4)c(F)c3)CC2)cc1. The van der Waals surface area contributed by atoms with Gasteiger partial charge in [-0.15, -0.1) is 0 Å². The molecule has 232 valence electrons. The van der Waals surface area contributed by atoms with E-state index in [2.05, 4.69) is 35.9 Å². The van der Waals surface area contributed by atoms with E-state index in [1.807, 2.05) is 12.1 Å². The van der Waals surface area contributed by atoms with Gasteiger partial charge in [0.25, 0.3) is 0 Å². The van der Waals surface area contributed by atoms with Crippen LogP contribution >= 0.6 is 0 Å². The largest absolute Gasteiger partial charge is 0.432 e. The minimum absolute atomic E-state index is 0.0642. The third-order valence-electron chi connectivity index (χ3n) is 9.60. The Kier molecular flexibility index (Phi) is 10.1. The van der Waals surface area contributed by atoms with Crippen LogP contribution in [0.2, 0.25) is 0 Å². The maximum absolute atomic E-state index is 15.3. The lowest BCUT2D eigenvalue weighted by atomic mass is 9.75. The number of benzene rings is 3. The lowest BCUT2D eigenvalue weighted by Gasteiger charge is -2.34. The molecule has 0 aromatic heterocycles. The van der Waals surface area contributed by atoms with E-state index in [0.717, 1.165) is 37.7 Å². The van der Waals surface area contributed by atoms with Crippen molar-refractivity contribution in [2.75, 3.05) is 0 Å². The first-order valence-electron chi connectivity index (χ1n) is 15.7. The molecule has 3 aromatic carbocycles. The molecule has 7 heteroatoms. The number of ether oxygens (including phenoxy) is 1. The fourth-order valence-corrected chi connectivity index (χ4v) is 7.00. The lowest BCUT2D eigenvalue weighted by molar-refractivity contribution is -0.222. The molecule has 43 heavy (non-hydrogen) atoms. The van der Waals surface area contributed by atoms with Crippen molar-refractivity contribution >= 4 is 0 Å². The second-order valence-electron chi connectivity index (χ2n) is 12.4. The van der Waals surface area contributed by atoms with Gasteiger partial charge in [0.05, 0.1) is 5.92 Å². The first kappa shape index (κ1) is 31.5. The van der Waals surface area contributed by atoms with Gasteiger partial charge < -0.3 is 4.74 Å². The third-order valence-corrected chi connectivity index (χ3v) is 9.60. The number of rotatable bonds is 10. The van der Waals surface area contributed by atoms with E-state index in [4.69, 9.17) is 0 Å². The summed E-state index contributed by atoms with van der Waals surface area (Å²) < 4.78 is 89.6. The van der Waals surface area contributed by atoms with Gasteiger partial charge in [0.15, 0.2) is 17.5 Å². The van der Waals surface area contributed by atoms with Crippen molar-refractivity contribution in [3.8, 4) is 5.75 Å². The second kappa shape index (κ2) is 13.8. The predicted octanol–water partition coefficient (Wildman–Crippen LogP) is 11.4. The van der Waals surface area contributed by atoms with Gasteiger partial charge in [-0.25, -0.2) is 17.6 Å². The van der Waals surface area contributed by atoms with E-state index in [-0.39, 0.29) is 24.6 Å². The van der Waals surface area contributed by atoms with Crippen molar-refractivity contribution in [2.24, 2.45) is 5.92 Å². The van der Waals surface area contributed by atoms with E-state index in [0.29, 0.717) is 42.4 Å². The Bertz CT molecular complexity index is 1330. The molecule has 0 atom stereocenters. The Morgan fingerprint density at radius 1 is 0.651 bits per heavy atom. The molecule has 5 rings (SSSR count). The number of aryl methyl sites for hydroxylation is 1. The minimum Gasteiger partial charge on any atom is -0.432 e. The molecule has 2 aliphatic carbocycles. The van der Waals surface area contributed by atoms with Gasteiger partial charge in [-0.1, -0.05) is 56.2 Å². The van der Waals surface area contributed by atoms with Gasteiger partial charge in [0.2, 0.25) is 0 Å². The molecule has 0 bridgehead atoms. The van der Waals surface area contributed by atoms with Gasteiger partial charge in [0.1, 0.15) is 11.6 Å². The molecule has 2 fully saturated rings. The molecule has 3 aromatic rings. The van der Waals surface area contributed by atoms with E-state index in [1.54, 1.807) is 6.07 Å². The summed E-state index contributed by atoms with van der Waals surface area (Å²) in [5, 5.41) is 0. The normalized spacial score (nSPS) is 22.9. The summed E-state index contributed by atoms with van der Waals surface area (Å²) in [6, 6.07) is 15.4. The van der Waals surface area contributed by atoms with Crippen molar-refractivity contribution in [1.82, 2.24) is 0 Å². The standard InChI is InChI=1S/C36H40F6O/c1-2-3-4-5-23-6-8-24(9-7-23)25-10-12-26(13-11-25)28-16-19-31(32(37)20-28)27-14-17-29(18-15-27)36(41,42)43-30-21-33(38)35(40)34(39)22-30/h6-9,16,19-22,25-27,29H,2-5,10-15,17-18H2,1H3. The number of unbranched alkanes of at least 4 members (excludes halogenated alkanes) is 2. The maximum Gasteiger partial charge on any atom is 0.400 e. The summed E-state index contributed by atoms with van der Waals surface area (Å²) in [4.78, 5) is 0. The van der Waals surface area contributed by atoms with E-state index in [9.17, 15) is 22.0 Å². The highest BCUT2D eigenvalue weighted by atomic mass is 19.3. The fourth-order valence-electron chi connectivity index (χ4n) is 7.00. The van der Waals surface area contributed by atoms with Crippen LogP contribution in [0.5, 0.6) is 5.75 Å². The Morgan fingerprint density at radius 3 is 1.79 bits per heavy atom. The predicted molar refractivity (Wildman–Crippen MR) is 157 cm³/mol. The van der Waals surface area contributed by atoms with Gasteiger partial charge in [-0.2, -0.15) is 8.78 Å². The average molecular weight is 603 g/mol. The van der Waals surface area contributed by atoms with Crippen LogP contribution in [-0.4, -0.2) is 6.11 Å². The van der Waals surface area contributed by atoms with Crippen LogP contribution in [0.4, 0.5) is 26.3 Å². The van der Waals surface area contributed by atoms with Crippen LogP contribution in [-0.2, 0) is 6.42 Å². The monoisotopic (exact) mass is 602 g/mol. The van der Waals surface area contributed by atoms with Gasteiger partial charge in [-0.05, 0) is 110 Å². The zero-order chi connectivity index (χ0) is 30.6. The van der Waals surface area contributed by atoms with Crippen LogP contribution in [0.1, 0.15) is 118 Å². The smallest absolute Gasteiger partial charge is 0.400 e. The Balaban J connectivity index is 1.13. The topological polar surface area (TPSA) is 9.23 Å². The van der Waals surface area contributed by atoms with Crippen molar-refractivity contribution in [3.63, 3.8) is 0 Å². The quantitative estimate of drug-likeness (QED) is 0.127. The first-order chi connectivity index (χ1) is 20.6. The maximum atomic E-state index is 15.3. The molecule has 2 aliphatic rings. The highest BCUT2D eigenvalue weighted by Crippen LogP contribution is 2.45. The highest BCUT2D eigenvalue weighted by molar-refractivity contribution is 5.32. The molecule has 2 saturated carbocycles. The van der Waals surface area contributed by atoms with E-state index in [1.165, 1.54) is 30.4 Å². The summed E-state index contributed by atoms with van der Waals surface area (Å²) in [5.74, 6) is -6.54. The third kappa shape index (κ3) is 7.58. The fraction of sp³-hybridized carbons (Fsp3) is 0.500. The van der Waals surface area contributed by atoms with Gasteiger partial charge >= 0.3 is 6.11 Å².